The van der Waals surface area contributed by atoms with Crippen LogP contribution >= 0.6 is 11.6 Å². The molecular formula is C17H19ClO. The minimum absolute atomic E-state index is 0.519. The summed E-state index contributed by atoms with van der Waals surface area (Å²) in [6.45, 7) is 6.84. The van der Waals surface area contributed by atoms with E-state index in [0.29, 0.717) is 12.5 Å². The fraction of sp³-hybridized carbons (Fsp3) is 0.294. The highest BCUT2D eigenvalue weighted by atomic mass is 35.5. The number of aryl methyl sites for hydroxylation is 3. The van der Waals surface area contributed by atoms with Gasteiger partial charge in [0.05, 0.1) is 0 Å². The summed E-state index contributed by atoms with van der Waals surface area (Å²) in [7, 11) is 0. The van der Waals surface area contributed by atoms with E-state index in [1.165, 1.54) is 16.7 Å². The number of rotatable bonds is 4. The van der Waals surface area contributed by atoms with E-state index >= 15 is 0 Å². The minimum Gasteiger partial charge on any atom is -0.488 e. The molecule has 0 aromatic heterocycles. The lowest BCUT2D eigenvalue weighted by molar-refractivity contribution is 0.301. The molecule has 0 saturated carbocycles. The van der Waals surface area contributed by atoms with Crippen LogP contribution < -0.4 is 4.74 Å². The van der Waals surface area contributed by atoms with Crippen molar-refractivity contribution in [2.75, 3.05) is 0 Å². The molecule has 0 spiro atoms. The molecule has 100 valence electrons. The maximum atomic E-state index is 5.99. The summed E-state index contributed by atoms with van der Waals surface area (Å²) in [5.74, 6) is 1.50. The first-order chi connectivity index (χ1) is 9.11. The zero-order valence-electron chi connectivity index (χ0n) is 11.7. The van der Waals surface area contributed by atoms with Crippen LogP contribution in [0.4, 0.5) is 0 Å². The van der Waals surface area contributed by atoms with Gasteiger partial charge in [-0.2, -0.15) is 0 Å². The first kappa shape index (κ1) is 14.0. The van der Waals surface area contributed by atoms with Crippen LogP contribution in [0.15, 0.2) is 36.4 Å². The van der Waals surface area contributed by atoms with Crippen LogP contribution in [-0.2, 0) is 12.5 Å². The van der Waals surface area contributed by atoms with E-state index in [0.717, 1.165) is 16.9 Å². The Kier molecular flexibility index (Phi) is 4.49. The molecular weight excluding hydrogens is 256 g/mol. The monoisotopic (exact) mass is 274 g/mol. The second-order valence-corrected chi connectivity index (χ2v) is 5.19. The number of alkyl halides is 1. The molecule has 0 unspecified atom stereocenters. The Morgan fingerprint density at radius 1 is 0.947 bits per heavy atom. The number of hydrogen-bond acceptors (Lipinski definition) is 1. The van der Waals surface area contributed by atoms with Crippen molar-refractivity contribution < 1.29 is 4.74 Å². The summed E-state index contributed by atoms with van der Waals surface area (Å²) in [5.41, 5.74) is 5.91. The SMILES string of the molecule is Cc1cc(C)c(OCc2ccccc2CCl)c(C)c1. The maximum absolute atomic E-state index is 5.99. The van der Waals surface area contributed by atoms with Crippen LogP contribution in [0.1, 0.15) is 27.8 Å². The molecule has 0 fully saturated rings. The summed E-state index contributed by atoms with van der Waals surface area (Å²) < 4.78 is 5.99. The Bertz CT molecular complexity index is 552. The van der Waals surface area contributed by atoms with Crippen LogP contribution in [-0.4, -0.2) is 0 Å². The Balaban J connectivity index is 2.19. The van der Waals surface area contributed by atoms with Crippen molar-refractivity contribution in [3.63, 3.8) is 0 Å². The summed E-state index contributed by atoms with van der Waals surface area (Å²) >= 11 is 5.94. The quantitative estimate of drug-likeness (QED) is 0.719. The normalized spacial score (nSPS) is 10.5. The van der Waals surface area contributed by atoms with Crippen molar-refractivity contribution in [3.8, 4) is 5.75 Å². The van der Waals surface area contributed by atoms with Gasteiger partial charge < -0.3 is 4.74 Å². The highest BCUT2D eigenvalue weighted by molar-refractivity contribution is 6.17. The van der Waals surface area contributed by atoms with Crippen LogP contribution in [0.5, 0.6) is 5.75 Å². The average molecular weight is 275 g/mol. The Morgan fingerprint density at radius 2 is 1.53 bits per heavy atom. The third-order valence-electron chi connectivity index (χ3n) is 3.24. The van der Waals surface area contributed by atoms with Gasteiger partial charge in [0.15, 0.2) is 0 Å². The minimum atomic E-state index is 0.519. The van der Waals surface area contributed by atoms with Crippen molar-refractivity contribution in [3.05, 3.63) is 64.2 Å². The average Bonchev–Trinajstić information content (AvgIpc) is 2.38. The van der Waals surface area contributed by atoms with Gasteiger partial charge in [0.2, 0.25) is 0 Å². The highest BCUT2D eigenvalue weighted by Gasteiger charge is 2.07. The number of ether oxygens (including phenoxy) is 1. The van der Waals surface area contributed by atoms with Gasteiger partial charge in [0.1, 0.15) is 12.4 Å². The maximum Gasteiger partial charge on any atom is 0.125 e. The predicted octanol–water partition coefficient (Wildman–Crippen LogP) is 4.93. The van der Waals surface area contributed by atoms with E-state index in [9.17, 15) is 0 Å². The van der Waals surface area contributed by atoms with Crippen LogP contribution in [0.25, 0.3) is 0 Å². The van der Waals surface area contributed by atoms with Gasteiger partial charge in [0.25, 0.3) is 0 Å². The van der Waals surface area contributed by atoms with E-state index in [4.69, 9.17) is 16.3 Å². The fourth-order valence-corrected chi connectivity index (χ4v) is 2.63. The summed E-state index contributed by atoms with van der Waals surface area (Å²) in [4.78, 5) is 0. The van der Waals surface area contributed by atoms with Gasteiger partial charge in [-0.15, -0.1) is 11.6 Å². The topological polar surface area (TPSA) is 9.23 Å². The van der Waals surface area contributed by atoms with Crippen LogP contribution in [0, 0.1) is 20.8 Å². The Morgan fingerprint density at radius 3 is 2.11 bits per heavy atom. The summed E-state index contributed by atoms with van der Waals surface area (Å²) in [5, 5.41) is 0. The molecule has 2 rings (SSSR count). The van der Waals surface area contributed by atoms with Gasteiger partial charge in [-0.1, -0.05) is 42.0 Å². The predicted molar refractivity (Wildman–Crippen MR) is 81.0 cm³/mol. The van der Waals surface area contributed by atoms with Crippen molar-refractivity contribution in [1.82, 2.24) is 0 Å². The van der Waals surface area contributed by atoms with Crippen molar-refractivity contribution in [1.29, 1.82) is 0 Å². The molecule has 0 N–H and O–H groups in total. The van der Waals surface area contributed by atoms with Crippen molar-refractivity contribution in [2.24, 2.45) is 0 Å². The van der Waals surface area contributed by atoms with E-state index in [-0.39, 0.29) is 0 Å². The number of hydrogen-bond donors (Lipinski definition) is 0. The van der Waals surface area contributed by atoms with Gasteiger partial charge in [0, 0.05) is 5.88 Å². The smallest absolute Gasteiger partial charge is 0.125 e. The lowest BCUT2D eigenvalue weighted by Gasteiger charge is -2.14. The second kappa shape index (κ2) is 6.12. The molecule has 0 amide bonds. The standard InChI is InChI=1S/C17H19ClO/c1-12-8-13(2)17(14(3)9-12)19-11-16-7-5-4-6-15(16)10-18/h4-9H,10-11H2,1-3H3. The summed E-state index contributed by atoms with van der Waals surface area (Å²) in [6, 6.07) is 12.4. The molecule has 1 nitrogen and oxygen atoms in total. The van der Waals surface area contributed by atoms with Crippen molar-refractivity contribution in [2.45, 2.75) is 33.3 Å². The lowest BCUT2D eigenvalue weighted by Crippen LogP contribution is -2.01. The van der Waals surface area contributed by atoms with Gasteiger partial charge in [-0.3, -0.25) is 0 Å². The third kappa shape index (κ3) is 3.30. The molecule has 2 heteroatoms. The molecule has 0 aliphatic rings. The molecule has 19 heavy (non-hydrogen) atoms. The lowest BCUT2D eigenvalue weighted by atomic mass is 10.1. The van der Waals surface area contributed by atoms with E-state index in [1.807, 2.05) is 18.2 Å². The van der Waals surface area contributed by atoms with Gasteiger partial charge in [-0.25, -0.2) is 0 Å². The van der Waals surface area contributed by atoms with Crippen LogP contribution in [0.3, 0.4) is 0 Å². The summed E-state index contributed by atoms with van der Waals surface area (Å²) in [6.07, 6.45) is 0. The first-order valence-electron chi connectivity index (χ1n) is 6.45. The zero-order valence-corrected chi connectivity index (χ0v) is 12.4. The molecule has 0 aliphatic carbocycles. The largest absolute Gasteiger partial charge is 0.488 e. The Labute approximate surface area is 120 Å². The van der Waals surface area contributed by atoms with E-state index < -0.39 is 0 Å². The van der Waals surface area contributed by atoms with Gasteiger partial charge in [-0.05, 0) is 43.0 Å². The third-order valence-corrected chi connectivity index (χ3v) is 3.53. The molecule has 2 aromatic rings. The first-order valence-corrected chi connectivity index (χ1v) is 6.98. The van der Waals surface area contributed by atoms with E-state index in [2.05, 4.69) is 39.0 Å². The van der Waals surface area contributed by atoms with Gasteiger partial charge >= 0.3 is 0 Å². The molecule has 0 aliphatic heterocycles. The second-order valence-electron chi connectivity index (χ2n) is 4.92. The van der Waals surface area contributed by atoms with E-state index in [1.54, 1.807) is 0 Å². The van der Waals surface area contributed by atoms with Crippen molar-refractivity contribution >= 4 is 11.6 Å². The number of benzene rings is 2. The Hall–Kier alpha value is -1.47. The zero-order chi connectivity index (χ0) is 13.8. The highest BCUT2D eigenvalue weighted by Crippen LogP contribution is 2.26. The molecule has 0 radical (unpaired) electrons. The molecule has 2 aromatic carbocycles. The van der Waals surface area contributed by atoms with Crippen LogP contribution in [0.2, 0.25) is 0 Å². The molecule has 0 atom stereocenters. The fourth-order valence-electron chi connectivity index (χ4n) is 2.37. The molecule has 0 saturated heterocycles. The molecule has 0 bridgehead atoms. The molecule has 0 heterocycles. The number of halogens is 1.